The van der Waals surface area contributed by atoms with Gasteiger partial charge in [0.25, 0.3) is 9.05 Å². The monoisotopic (exact) mass is 276 g/mol. The lowest BCUT2D eigenvalue weighted by Crippen LogP contribution is -2.18. The summed E-state index contributed by atoms with van der Waals surface area (Å²) < 4.78 is 33.9. The summed E-state index contributed by atoms with van der Waals surface area (Å²) in [6.45, 7) is 4.66. The van der Waals surface area contributed by atoms with E-state index >= 15 is 0 Å². The molecule has 0 atom stereocenters. The maximum absolute atomic E-state index is 11.5. The summed E-state index contributed by atoms with van der Waals surface area (Å²) in [7, 11) is 1.65. The molecule has 2 rings (SSSR count). The zero-order valence-corrected chi connectivity index (χ0v) is 11.1. The first-order valence-electron chi connectivity index (χ1n) is 5.28. The van der Waals surface area contributed by atoms with Gasteiger partial charge in [-0.25, -0.2) is 8.42 Å². The highest BCUT2D eigenvalue weighted by molar-refractivity contribution is 8.13. The highest BCUT2D eigenvalue weighted by Crippen LogP contribution is 2.42. The summed E-state index contributed by atoms with van der Waals surface area (Å²) in [5, 5.41) is 0. The summed E-state index contributed by atoms with van der Waals surface area (Å²) in [6.07, 6.45) is 0. The average molecular weight is 277 g/mol. The van der Waals surface area contributed by atoms with Gasteiger partial charge in [-0.15, -0.1) is 0 Å². The van der Waals surface area contributed by atoms with Crippen molar-refractivity contribution in [3.63, 3.8) is 0 Å². The maximum atomic E-state index is 11.5. The van der Waals surface area contributed by atoms with Gasteiger partial charge >= 0.3 is 0 Å². The third-order valence-corrected chi connectivity index (χ3v) is 3.93. The Kier molecular flexibility index (Phi) is 3.23. The molecule has 0 fully saturated rings. The van der Waals surface area contributed by atoms with Gasteiger partial charge in [-0.1, -0.05) is 13.8 Å². The van der Waals surface area contributed by atoms with Crippen LogP contribution in [0.5, 0.6) is 11.5 Å². The minimum atomic E-state index is -3.78. The van der Waals surface area contributed by atoms with Crippen LogP contribution in [0.1, 0.15) is 25.3 Å². The van der Waals surface area contributed by atoms with E-state index in [1.165, 1.54) is 6.07 Å². The molecular formula is C11H13ClO4S. The molecular weight excluding hydrogens is 264 g/mol. The summed E-state index contributed by atoms with van der Waals surface area (Å²) in [5.74, 6) is 1.05. The molecule has 0 bridgehead atoms. The number of halogens is 1. The molecule has 0 aliphatic carbocycles. The van der Waals surface area contributed by atoms with Crippen LogP contribution in [0.2, 0.25) is 0 Å². The fraction of sp³-hybridized carbons (Fsp3) is 0.455. The minimum Gasteiger partial charge on any atom is -0.486 e. The second kappa shape index (κ2) is 4.38. The van der Waals surface area contributed by atoms with Crippen LogP contribution in [0, 0.1) is 0 Å². The van der Waals surface area contributed by atoms with Crippen molar-refractivity contribution in [1.29, 1.82) is 0 Å². The molecule has 1 aliphatic rings. The number of fused-ring (bicyclic) bond motifs is 1. The first-order chi connectivity index (χ1) is 7.91. The van der Waals surface area contributed by atoms with Gasteiger partial charge in [0.15, 0.2) is 11.5 Å². The smallest absolute Gasteiger partial charge is 0.261 e. The molecule has 1 aromatic carbocycles. The van der Waals surface area contributed by atoms with E-state index in [0.29, 0.717) is 30.3 Å². The van der Waals surface area contributed by atoms with Crippen molar-refractivity contribution in [1.82, 2.24) is 0 Å². The fourth-order valence-corrected chi connectivity index (χ4v) is 3.10. The molecule has 0 aromatic heterocycles. The second-order valence-electron chi connectivity index (χ2n) is 4.09. The van der Waals surface area contributed by atoms with Crippen LogP contribution in [-0.2, 0) is 9.05 Å². The van der Waals surface area contributed by atoms with Crippen molar-refractivity contribution in [2.45, 2.75) is 24.7 Å². The predicted molar refractivity (Wildman–Crippen MR) is 64.6 cm³/mol. The normalized spacial score (nSPS) is 15.1. The lowest BCUT2D eigenvalue weighted by molar-refractivity contribution is 0.168. The number of hydrogen-bond donors (Lipinski definition) is 0. The Bertz CT molecular complexity index is 537. The Hall–Kier alpha value is -0.940. The Morgan fingerprint density at radius 2 is 1.88 bits per heavy atom. The highest BCUT2D eigenvalue weighted by Gasteiger charge is 2.26. The summed E-state index contributed by atoms with van der Waals surface area (Å²) in [4.78, 5) is 0.0958. The van der Waals surface area contributed by atoms with E-state index < -0.39 is 9.05 Å². The lowest BCUT2D eigenvalue weighted by Gasteiger charge is -2.23. The van der Waals surface area contributed by atoms with Crippen molar-refractivity contribution < 1.29 is 17.9 Å². The van der Waals surface area contributed by atoms with E-state index in [4.69, 9.17) is 20.2 Å². The molecule has 0 unspecified atom stereocenters. The zero-order valence-electron chi connectivity index (χ0n) is 9.57. The van der Waals surface area contributed by atoms with E-state index in [1.54, 1.807) is 6.07 Å². The van der Waals surface area contributed by atoms with Crippen LogP contribution in [0.3, 0.4) is 0 Å². The Morgan fingerprint density at radius 3 is 2.47 bits per heavy atom. The quantitative estimate of drug-likeness (QED) is 0.779. The second-order valence-corrected chi connectivity index (χ2v) is 6.63. The molecule has 17 heavy (non-hydrogen) atoms. The first kappa shape index (κ1) is 12.5. The molecule has 0 amide bonds. The van der Waals surface area contributed by atoms with Crippen molar-refractivity contribution in [3.8, 4) is 11.5 Å². The van der Waals surface area contributed by atoms with E-state index in [9.17, 15) is 8.42 Å². The van der Waals surface area contributed by atoms with Crippen molar-refractivity contribution >= 4 is 19.7 Å². The van der Waals surface area contributed by atoms with Gasteiger partial charge in [0.1, 0.15) is 13.2 Å². The lowest BCUT2D eigenvalue weighted by atomic mass is 10.0. The summed E-state index contributed by atoms with van der Waals surface area (Å²) in [5.41, 5.74) is 0.581. The molecule has 0 spiro atoms. The first-order valence-corrected chi connectivity index (χ1v) is 7.59. The number of ether oxygens (including phenoxy) is 2. The van der Waals surface area contributed by atoms with Crippen LogP contribution in [0.25, 0.3) is 0 Å². The summed E-state index contributed by atoms with van der Waals surface area (Å²) >= 11 is 0. The number of benzene rings is 1. The van der Waals surface area contributed by atoms with E-state index in [2.05, 4.69) is 0 Å². The molecule has 6 heteroatoms. The van der Waals surface area contributed by atoms with Gasteiger partial charge in [-0.05, 0) is 18.1 Å². The molecule has 1 aliphatic heterocycles. The molecule has 1 heterocycles. The standard InChI is InChI=1S/C11H13ClO4S/c1-7(2)10-9(17(12,13)14)4-3-8-11(10)16-6-5-15-8/h3-4,7H,5-6H2,1-2H3. The van der Waals surface area contributed by atoms with Gasteiger partial charge < -0.3 is 9.47 Å². The highest BCUT2D eigenvalue weighted by atomic mass is 35.7. The van der Waals surface area contributed by atoms with Gasteiger partial charge in [0.05, 0.1) is 4.90 Å². The predicted octanol–water partition coefficient (Wildman–Crippen LogP) is 2.51. The fourth-order valence-electron chi connectivity index (χ4n) is 1.88. The van der Waals surface area contributed by atoms with Crippen LogP contribution < -0.4 is 9.47 Å². The zero-order chi connectivity index (χ0) is 12.6. The molecule has 94 valence electrons. The molecule has 0 radical (unpaired) electrons. The van der Waals surface area contributed by atoms with Gasteiger partial charge in [-0.2, -0.15) is 0 Å². The largest absolute Gasteiger partial charge is 0.486 e. The third kappa shape index (κ3) is 2.35. The number of hydrogen-bond acceptors (Lipinski definition) is 4. The van der Waals surface area contributed by atoms with E-state index in [1.807, 2.05) is 13.8 Å². The molecule has 0 N–H and O–H groups in total. The minimum absolute atomic E-state index is 0.0184. The molecule has 0 saturated carbocycles. The van der Waals surface area contributed by atoms with E-state index in [0.717, 1.165) is 0 Å². The van der Waals surface area contributed by atoms with Crippen molar-refractivity contribution in [3.05, 3.63) is 17.7 Å². The van der Waals surface area contributed by atoms with Crippen LogP contribution in [-0.4, -0.2) is 21.6 Å². The Balaban J connectivity index is 2.71. The molecule has 4 nitrogen and oxygen atoms in total. The number of rotatable bonds is 2. The van der Waals surface area contributed by atoms with Gasteiger partial charge in [-0.3, -0.25) is 0 Å². The van der Waals surface area contributed by atoms with Crippen LogP contribution >= 0.6 is 10.7 Å². The van der Waals surface area contributed by atoms with Gasteiger partial charge in [0.2, 0.25) is 0 Å². The van der Waals surface area contributed by atoms with Crippen molar-refractivity contribution in [2.24, 2.45) is 0 Å². The van der Waals surface area contributed by atoms with Gasteiger partial charge in [0, 0.05) is 16.2 Å². The van der Waals surface area contributed by atoms with E-state index in [-0.39, 0.29) is 10.8 Å². The topological polar surface area (TPSA) is 52.6 Å². The summed E-state index contributed by atoms with van der Waals surface area (Å²) in [6, 6.07) is 3.04. The Labute approximate surface area is 105 Å². The van der Waals surface area contributed by atoms with Crippen molar-refractivity contribution in [2.75, 3.05) is 13.2 Å². The van der Waals surface area contributed by atoms with Crippen LogP contribution in [0.4, 0.5) is 0 Å². The van der Waals surface area contributed by atoms with Crippen LogP contribution in [0.15, 0.2) is 17.0 Å². The maximum Gasteiger partial charge on any atom is 0.261 e. The Morgan fingerprint density at radius 1 is 1.24 bits per heavy atom. The average Bonchev–Trinajstić information content (AvgIpc) is 2.26. The third-order valence-electron chi connectivity index (χ3n) is 2.55. The molecule has 1 aromatic rings. The SMILES string of the molecule is CC(C)c1c(S(=O)(=O)Cl)ccc2c1OCCO2. The molecule has 0 saturated heterocycles.